The number of carbonyl (C=O) groups excluding carboxylic acids is 2. The monoisotopic (exact) mass is 394 g/mol. The summed E-state index contributed by atoms with van der Waals surface area (Å²) in [5.74, 6) is 0.476. The van der Waals surface area contributed by atoms with Crippen LogP contribution in [0.15, 0.2) is 42.6 Å². The highest BCUT2D eigenvalue weighted by Gasteiger charge is 2.18. The SMILES string of the molecule is CCc1c(C(=O)NCc2cccc(C(=O)NC)c2)cnn1-c1ccc(OC)nn1. The normalized spacial score (nSPS) is 10.4. The van der Waals surface area contributed by atoms with Gasteiger partial charge in [0.15, 0.2) is 5.82 Å². The second-order valence-corrected chi connectivity index (χ2v) is 6.17. The van der Waals surface area contributed by atoms with Crippen molar-refractivity contribution in [1.82, 2.24) is 30.6 Å². The van der Waals surface area contributed by atoms with Gasteiger partial charge in [-0.2, -0.15) is 5.10 Å². The van der Waals surface area contributed by atoms with Gasteiger partial charge in [-0.15, -0.1) is 10.2 Å². The summed E-state index contributed by atoms with van der Waals surface area (Å²) in [6, 6.07) is 10.5. The molecule has 2 N–H and O–H groups in total. The van der Waals surface area contributed by atoms with E-state index in [1.54, 1.807) is 42.1 Å². The molecule has 0 saturated carbocycles. The molecule has 3 rings (SSSR count). The lowest BCUT2D eigenvalue weighted by atomic mass is 10.1. The first kappa shape index (κ1) is 20.0. The highest BCUT2D eigenvalue weighted by Crippen LogP contribution is 2.16. The van der Waals surface area contributed by atoms with Gasteiger partial charge in [-0.25, -0.2) is 4.68 Å². The van der Waals surface area contributed by atoms with Crippen LogP contribution in [-0.2, 0) is 13.0 Å². The number of amides is 2. The zero-order valence-electron chi connectivity index (χ0n) is 16.5. The molecule has 0 radical (unpaired) electrons. The Balaban J connectivity index is 1.76. The predicted molar refractivity (Wildman–Crippen MR) is 106 cm³/mol. The lowest BCUT2D eigenvalue weighted by Gasteiger charge is -2.09. The van der Waals surface area contributed by atoms with E-state index in [4.69, 9.17) is 4.74 Å². The molecule has 0 aliphatic rings. The van der Waals surface area contributed by atoms with Crippen LogP contribution in [0.1, 0.15) is 38.9 Å². The Hall–Kier alpha value is -3.75. The highest BCUT2D eigenvalue weighted by molar-refractivity contribution is 5.95. The van der Waals surface area contributed by atoms with Gasteiger partial charge in [0.2, 0.25) is 5.88 Å². The first-order chi connectivity index (χ1) is 14.1. The van der Waals surface area contributed by atoms with Crippen LogP contribution in [0.4, 0.5) is 0 Å². The highest BCUT2D eigenvalue weighted by atomic mass is 16.5. The summed E-state index contributed by atoms with van der Waals surface area (Å²) < 4.78 is 6.61. The predicted octanol–water partition coefficient (Wildman–Crippen LogP) is 1.52. The van der Waals surface area contributed by atoms with Crippen LogP contribution in [-0.4, -0.2) is 45.9 Å². The summed E-state index contributed by atoms with van der Waals surface area (Å²) in [7, 11) is 3.09. The van der Waals surface area contributed by atoms with Crippen LogP contribution in [0.5, 0.6) is 5.88 Å². The molecule has 0 unspecified atom stereocenters. The Kier molecular flexibility index (Phi) is 6.18. The van der Waals surface area contributed by atoms with E-state index in [9.17, 15) is 9.59 Å². The van der Waals surface area contributed by atoms with Crippen molar-refractivity contribution in [3.05, 3.63) is 65.0 Å². The van der Waals surface area contributed by atoms with Gasteiger partial charge in [0.1, 0.15) is 0 Å². The van der Waals surface area contributed by atoms with Gasteiger partial charge in [-0.1, -0.05) is 19.1 Å². The fourth-order valence-corrected chi connectivity index (χ4v) is 2.88. The van der Waals surface area contributed by atoms with Gasteiger partial charge < -0.3 is 15.4 Å². The van der Waals surface area contributed by atoms with E-state index < -0.39 is 0 Å². The average Bonchev–Trinajstić information content (AvgIpc) is 3.21. The van der Waals surface area contributed by atoms with E-state index in [-0.39, 0.29) is 11.8 Å². The second kappa shape index (κ2) is 8.96. The fourth-order valence-electron chi connectivity index (χ4n) is 2.88. The number of ether oxygens (including phenoxy) is 1. The smallest absolute Gasteiger partial charge is 0.255 e. The van der Waals surface area contributed by atoms with Crippen molar-refractivity contribution in [2.75, 3.05) is 14.2 Å². The van der Waals surface area contributed by atoms with E-state index in [2.05, 4.69) is 25.9 Å². The number of rotatable bonds is 7. The number of methoxy groups -OCH3 is 1. The minimum Gasteiger partial charge on any atom is -0.480 e. The second-order valence-electron chi connectivity index (χ2n) is 6.17. The van der Waals surface area contributed by atoms with Crippen molar-refractivity contribution in [1.29, 1.82) is 0 Å². The third-order valence-corrected chi connectivity index (χ3v) is 4.37. The molecule has 0 saturated heterocycles. The van der Waals surface area contributed by atoms with Crippen LogP contribution in [0, 0.1) is 0 Å². The van der Waals surface area contributed by atoms with Crippen LogP contribution in [0.25, 0.3) is 5.82 Å². The zero-order valence-corrected chi connectivity index (χ0v) is 16.5. The van der Waals surface area contributed by atoms with Crippen LogP contribution >= 0.6 is 0 Å². The standard InChI is InChI=1S/C20H22N6O3/c1-4-16-15(12-23-26(16)17-8-9-18(29-3)25-24-17)20(28)22-11-13-6-5-7-14(10-13)19(27)21-2/h5-10,12H,4,11H2,1-3H3,(H,21,27)(H,22,28). The van der Waals surface area contributed by atoms with Crippen LogP contribution in [0.3, 0.4) is 0 Å². The van der Waals surface area contributed by atoms with Crippen molar-refractivity contribution in [3.63, 3.8) is 0 Å². The molecule has 0 bridgehead atoms. The molecule has 0 atom stereocenters. The first-order valence-corrected chi connectivity index (χ1v) is 9.11. The number of hydrogen-bond donors (Lipinski definition) is 2. The van der Waals surface area contributed by atoms with E-state index in [0.717, 1.165) is 11.3 Å². The average molecular weight is 394 g/mol. The quantitative estimate of drug-likeness (QED) is 0.629. The molecule has 2 amide bonds. The minimum atomic E-state index is -0.250. The maximum Gasteiger partial charge on any atom is 0.255 e. The molecule has 150 valence electrons. The Morgan fingerprint density at radius 3 is 2.62 bits per heavy atom. The molecule has 1 aromatic carbocycles. The van der Waals surface area contributed by atoms with Gasteiger partial charge in [0, 0.05) is 25.2 Å². The molecule has 0 aliphatic heterocycles. The Labute approximate surface area is 168 Å². The van der Waals surface area contributed by atoms with Crippen molar-refractivity contribution in [2.45, 2.75) is 19.9 Å². The van der Waals surface area contributed by atoms with Gasteiger partial charge in [0.05, 0.1) is 24.6 Å². The molecule has 0 fully saturated rings. The van der Waals surface area contributed by atoms with Gasteiger partial charge in [-0.05, 0) is 30.2 Å². The lowest BCUT2D eigenvalue weighted by molar-refractivity contribution is 0.0947. The molecule has 9 heteroatoms. The molecule has 0 spiro atoms. The molecular weight excluding hydrogens is 372 g/mol. The first-order valence-electron chi connectivity index (χ1n) is 9.11. The molecular formula is C20H22N6O3. The maximum atomic E-state index is 12.7. The van der Waals surface area contributed by atoms with Crippen molar-refractivity contribution >= 4 is 11.8 Å². The Morgan fingerprint density at radius 1 is 1.14 bits per heavy atom. The third-order valence-electron chi connectivity index (χ3n) is 4.37. The largest absolute Gasteiger partial charge is 0.480 e. The molecule has 2 heterocycles. The molecule has 0 aliphatic carbocycles. The summed E-state index contributed by atoms with van der Waals surface area (Å²) in [6.45, 7) is 2.23. The molecule has 29 heavy (non-hydrogen) atoms. The number of aromatic nitrogens is 4. The topological polar surface area (TPSA) is 111 Å². The Morgan fingerprint density at radius 2 is 1.97 bits per heavy atom. The summed E-state index contributed by atoms with van der Waals surface area (Å²) in [5.41, 5.74) is 2.55. The van der Waals surface area contributed by atoms with E-state index in [1.807, 2.05) is 13.0 Å². The number of hydrogen-bond acceptors (Lipinski definition) is 6. The molecule has 3 aromatic rings. The lowest BCUT2D eigenvalue weighted by Crippen LogP contribution is -2.24. The van der Waals surface area contributed by atoms with Crippen LogP contribution < -0.4 is 15.4 Å². The van der Waals surface area contributed by atoms with Crippen molar-refractivity contribution < 1.29 is 14.3 Å². The van der Waals surface area contributed by atoms with E-state index in [0.29, 0.717) is 35.8 Å². The minimum absolute atomic E-state index is 0.173. The van der Waals surface area contributed by atoms with E-state index >= 15 is 0 Å². The number of nitrogens with one attached hydrogen (secondary N) is 2. The summed E-state index contributed by atoms with van der Waals surface area (Å²) >= 11 is 0. The summed E-state index contributed by atoms with van der Waals surface area (Å²) in [4.78, 5) is 24.5. The summed E-state index contributed by atoms with van der Waals surface area (Å²) in [5, 5.41) is 17.8. The fraction of sp³-hybridized carbons (Fsp3) is 0.250. The van der Waals surface area contributed by atoms with E-state index in [1.165, 1.54) is 13.3 Å². The Bertz CT molecular complexity index is 1010. The molecule has 9 nitrogen and oxygen atoms in total. The molecule has 2 aromatic heterocycles. The van der Waals surface area contributed by atoms with Crippen molar-refractivity contribution in [3.8, 4) is 11.7 Å². The number of benzene rings is 1. The van der Waals surface area contributed by atoms with Gasteiger partial charge in [-0.3, -0.25) is 9.59 Å². The summed E-state index contributed by atoms with van der Waals surface area (Å²) in [6.07, 6.45) is 2.10. The zero-order chi connectivity index (χ0) is 20.8. The van der Waals surface area contributed by atoms with Crippen LogP contribution in [0.2, 0.25) is 0 Å². The number of nitrogens with zero attached hydrogens (tertiary/aromatic N) is 4. The maximum absolute atomic E-state index is 12.7. The number of carbonyl (C=O) groups is 2. The van der Waals surface area contributed by atoms with Gasteiger partial charge >= 0.3 is 0 Å². The van der Waals surface area contributed by atoms with Gasteiger partial charge in [0.25, 0.3) is 11.8 Å². The van der Waals surface area contributed by atoms with Crippen molar-refractivity contribution in [2.24, 2.45) is 0 Å². The third kappa shape index (κ3) is 4.40.